The predicted molar refractivity (Wildman–Crippen MR) is 79.6 cm³/mol. The zero-order chi connectivity index (χ0) is 15.8. The molecule has 1 unspecified atom stereocenters. The molecule has 0 aromatic heterocycles. The molecule has 0 spiro atoms. The van der Waals surface area contributed by atoms with Gasteiger partial charge in [-0.05, 0) is 52.4 Å². The van der Waals surface area contributed by atoms with Crippen molar-refractivity contribution in [3.63, 3.8) is 0 Å². The van der Waals surface area contributed by atoms with Crippen molar-refractivity contribution < 1.29 is 19.1 Å². The second-order valence-corrected chi connectivity index (χ2v) is 6.81. The number of halogens is 2. The van der Waals surface area contributed by atoms with Gasteiger partial charge in [0.1, 0.15) is 11.9 Å². The molecule has 1 amide bonds. The van der Waals surface area contributed by atoms with E-state index >= 15 is 0 Å². The lowest BCUT2D eigenvalue weighted by Gasteiger charge is -2.44. The number of carbonyl (C=O) groups is 2. The van der Waals surface area contributed by atoms with Crippen LogP contribution in [0.3, 0.4) is 0 Å². The van der Waals surface area contributed by atoms with Gasteiger partial charge in [0.25, 0.3) is 5.91 Å². The molecule has 0 saturated carbocycles. The first-order valence-electron chi connectivity index (χ1n) is 6.73. The summed E-state index contributed by atoms with van der Waals surface area (Å²) in [5.74, 6) is -1.84. The molecule has 0 bridgehead atoms. The Balaban J connectivity index is 2.35. The van der Waals surface area contributed by atoms with Crippen LogP contribution in [-0.4, -0.2) is 34.5 Å². The number of carboxylic acid groups (broad SMARTS) is 1. The lowest BCUT2D eigenvalue weighted by atomic mass is 9.76. The number of rotatable bonds is 2. The zero-order valence-corrected chi connectivity index (χ0v) is 13.5. The van der Waals surface area contributed by atoms with Crippen LogP contribution in [0, 0.1) is 11.2 Å². The molecule has 1 heterocycles. The van der Waals surface area contributed by atoms with Crippen molar-refractivity contribution in [2.75, 3.05) is 6.54 Å². The van der Waals surface area contributed by atoms with E-state index in [1.54, 1.807) is 0 Å². The number of hydrogen-bond donors (Lipinski definition) is 1. The normalized spacial score (nSPS) is 21.1. The highest BCUT2D eigenvalue weighted by molar-refractivity contribution is 9.10. The minimum absolute atomic E-state index is 0.191. The zero-order valence-electron chi connectivity index (χ0n) is 11.9. The van der Waals surface area contributed by atoms with Gasteiger partial charge in [0, 0.05) is 12.1 Å². The summed E-state index contributed by atoms with van der Waals surface area (Å²) < 4.78 is 13.5. The average Bonchev–Trinajstić information content (AvgIpc) is 2.39. The van der Waals surface area contributed by atoms with Crippen molar-refractivity contribution in [3.05, 3.63) is 34.1 Å². The summed E-state index contributed by atoms with van der Waals surface area (Å²) in [4.78, 5) is 25.5. The lowest BCUT2D eigenvalue weighted by molar-refractivity contribution is -0.148. The second-order valence-electron chi connectivity index (χ2n) is 5.96. The van der Waals surface area contributed by atoms with Gasteiger partial charge < -0.3 is 10.0 Å². The van der Waals surface area contributed by atoms with Crippen LogP contribution in [0.2, 0.25) is 0 Å². The summed E-state index contributed by atoms with van der Waals surface area (Å²) in [7, 11) is 0. The largest absolute Gasteiger partial charge is 0.480 e. The Kier molecular flexibility index (Phi) is 4.37. The first kappa shape index (κ1) is 15.9. The number of amides is 1. The van der Waals surface area contributed by atoms with E-state index < -0.39 is 23.2 Å². The van der Waals surface area contributed by atoms with E-state index in [-0.39, 0.29) is 15.9 Å². The Bertz CT molecular complexity index is 588. The van der Waals surface area contributed by atoms with Crippen molar-refractivity contribution in [2.45, 2.75) is 32.7 Å². The van der Waals surface area contributed by atoms with Gasteiger partial charge in [0.2, 0.25) is 0 Å². The summed E-state index contributed by atoms with van der Waals surface area (Å²) in [6.45, 7) is 4.10. The standard InChI is InChI=1S/C15H17BrFNO3/c1-15(2)6-3-7-18(12(15)14(20)21)13(19)9-4-5-11(17)10(16)8-9/h4-5,8,12H,3,6-7H2,1-2H3,(H,20,21). The topological polar surface area (TPSA) is 57.6 Å². The number of carboxylic acids is 1. The molecule has 4 nitrogen and oxygen atoms in total. The summed E-state index contributed by atoms with van der Waals surface area (Å²) in [6.07, 6.45) is 1.51. The number of likely N-dealkylation sites (tertiary alicyclic amines) is 1. The maximum absolute atomic E-state index is 13.3. The van der Waals surface area contributed by atoms with Crippen LogP contribution in [0.25, 0.3) is 0 Å². The van der Waals surface area contributed by atoms with E-state index in [1.807, 2.05) is 13.8 Å². The molecular formula is C15H17BrFNO3. The molecular weight excluding hydrogens is 341 g/mol. The van der Waals surface area contributed by atoms with Gasteiger partial charge in [0.05, 0.1) is 4.47 Å². The fourth-order valence-corrected chi connectivity index (χ4v) is 3.25. The van der Waals surface area contributed by atoms with E-state index in [9.17, 15) is 19.1 Å². The van der Waals surface area contributed by atoms with Crippen LogP contribution in [0.15, 0.2) is 22.7 Å². The van der Waals surface area contributed by atoms with Crippen molar-refractivity contribution in [2.24, 2.45) is 5.41 Å². The Labute approximate surface area is 131 Å². The van der Waals surface area contributed by atoms with Crippen molar-refractivity contribution >= 4 is 27.8 Å². The number of carbonyl (C=O) groups excluding carboxylic acids is 1. The van der Waals surface area contributed by atoms with Gasteiger partial charge in [-0.1, -0.05) is 13.8 Å². The third-order valence-corrected chi connectivity index (χ3v) is 4.54. The molecule has 1 fully saturated rings. The lowest BCUT2D eigenvalue weighted by Crippen LogP contribution is -2.56. The maximum atomic E-state index is 13.3. The summed E-state index contributed by atoms with van der Waals surface area (Å²) >= 11 is 3.04. The monoisotopic (exact) mass is 357 g/mol. The maximum Gasteiger partial charge on any atom is 0.326 e. The van der Waals surface area contributed by atoms with Crippen LogP contribution in [-0.2, 0) is 4.79 Å². The van der Waals surface area contributed by atoms with E-state index in [0.29, 0.717) is 6.54 Å². The molecule has 2 rings (SSSR count). The van der Waals surface area contributed by atoms with Crippen LogP contribution in [0.1, 0.15) is 37.0 Å². The molecule has 1 aromatic carbocycles. The van der Waals surface area contributed by atoms with Crippen molar-refractivity contribution in [1.29, 1.82) is 0 Å². The molecule has 6 heteroatoms. The Morgan fingerprint density at radius 1 is 1.43 bits per heavy atom. The van der Waals surface area contributed by atoms with Gasteiger partial charge in [-0.3, -0.25) is 4.79 Å². The van der Waals surface area contributed by atoms with E-state index in [0.717, 1.165) is 12.8 Å². The van der Waals surface area contributed by atoms with Crippen LogP contribution in [0.5, 0.6) is 0 Å². The molecule has 114 valence electrons. The van der Waals surface area contributed by atoms with Gasteiger partial charge in [-0.15, -0.1) is 0 Å². The van der Waals surface area contributed by atoms with Gasteiger partial charge >= 0.3 is 5.97 Å². The van der Waals surface area contributed by atoms with Crippen LogP contribution < -0.4 is 0 Å². The number of nitrogens with zero attached hydrogens (tertiary/aromatic N) is 1. The Morgan fingerprint density at radius 2 is 2.10 bits per heavy atom. The third kappa shape index (κ3) is 3.10. The van der Waals surface area contributed by atoms with E-state index in [4.69, 9.17) is 0 Å². The number of benzene rings is 1. The SMILES string of the molecule is CC1(C)CCCN(C(=O)c2ccc(F)c(Br)c2)C1C(=O)O. The summed E-state index contributed by atoms with van der Waals surface area (Å²) in [5, 5.41) is 9.48. The molecule has 0 aliphatic carbocycles. The van der Waals surface area contributed by atoms with Gasteiger partial charge in [0.15, 0.2) is 0 Å². The van der Waals surface area contributed by atoms with E-state index in [1.165, 1.54) is 23.1 Å². The minimum Gasteiger partial charge on any atom is -0.480 e. The Morgan fingerprint density at radius 3 is 2.67 bits per heavy atom. The quantitative estimate of drug-likeness (QED) is 0.883. The van der Waals surface area contributed by atoms with Crippen molar-refractivity contribution in [3.8, 4) is 0 Å². The number of aliphatic carboxylic acids is 1. The van der Waals surface area contributed by atoms with Crippen LogP contribution >= 0.6 is 15.9 Å². The van der Waals surface area contributed by atoms with E-state index in [2.05, 4.69) is 15.9 Å². The molecule has 1 saturated heterocycles. The van der Waals surface area contributed by atoms with Gasteiger partial charge in [-0.25, -0.2) is 9.18 Å². The van der Waals surface area contributed by atoms with Gasteiger partial charge in [-0.2, -0.15) is 0 Å². The molecule has 1 atom stereocenters. The molecule has 21 heavy (non-hydrogen) atoms. The molecule has 1 N–H and O–H groups in total. The molecule has 1 aliphatic rings. The highest BCUT2D eigenvalue weighted by atomic mass is 79.9. The summed E-state index contributed by atoms with van der Waals surface area (Å²) in [6, 6.07) is 3.09. The minimum atomic E-state index is -1.01. The second kappa shape index (κ2) is 5.75. The highest BCUT2D eigenvalue weighted by Gasteiger charge is 2.44. The fraction of sp³-hybridized carbons (Fsp3) is 0.467. The molecule has 1 aliphatic heterocycles. The Hall–Kier alpha value is -1.43. The van der Waals surface area contributed by atoms with Crippen LogP contribution in [0.4, 0.5) is 4.39 Å². The van der Waals surface area contributed by atoms with Crippen molar-refractivity contribution in [1.82, 2.24) is 4.90 Å². The molecule has 1 aromatic rings. The average molecular weight is 358 g/mol. The smallest absolute Gasteiger partial charge is 0.326 e. The first-order valence-corrected chi connectivity index (χ1v) is 7.52. The number of hydrogen-bond acceptors (Lipinski definition) is 2. The highest BCUT2D eigenvalue weighted by Crippen LogP contribution is 2.36. The summed E-state index contributed by atoms with van der Waals surface area (Å²) in [5.41, 5.74) is -0.205. The third-order valence-electron chi connectivity index (χ3n) is 3.93. The fourth-order valence-electron chi connectivity index (χ4n) is 2.87. The number of piperidine rings is 1. The first-order chi connectivity index (χ1) is 9.74. The molecule has 0 radical (unpaired) electrons. The predicted octanol–water partition coefficient (Wildman–Crippen LogP) is 3.30.